The zero-order valence-corrected chi connectivity index (χ0v) is 14.2. The first kappa shape index (κ1) is 17.8. The van der Waals surface area contributed by atoms with Crippen LogP contribution in [0.4, 0.5) is 0 Å². The average Bonchev–Trinajstić information content (AvgIpc) is 2.50. The number of nitrogens with one attached hydrogen (secondary N) is 3. The van der Waals surface area contributed by atoms with Crippen LogP contribution in [0.3, 0.4) is 0 Å². The molecule has 1 aromatic carbocycles. The van der Waals surface area contributed by atoms with Gasteiger partial charge in [0.25, 0.3) is 5.91 Å². The molecule has 21 heavy (non-hydrogen) atoms. The van der Waals surface area contributed by atoms with Gasteiger partial charge in [-0.25, -0.2) is 0 Å². The molecule has 1 aromatic rings. The molecule has 6 heteroatoms. The molecule has 0 unspecified atom stereocenters. The number of carbonyl (C=O) groups is 1. The van der Waals surface area contributed by atoms with Crippen molar-refractivity contribution < 1.29 is 4.79 Å². The Morgan fingerprint density at radius 2 is 1.90 bits per heavy atom. The van der Waals surface area contributed by atoms with Crippen molar-refractivity contribution in [1.29, 1.82) is 0 Å². The summed E-state index contributed by atoms with van der Waals surface area (Å²) in [4.78, 5) is 11.9. The van der Waals surface area contributed by atoms with E-state index in [0.29, 0.717) is 10.7 Å². The highest BCUT2D eigenvalue weighted by Gasteiger charge is 2.05. The Kier molecular flexibility index (Phi) is 8.85. The van der Waals surface area contributed by atoms with E-state index in [2.05, 4.69) is 29.3 Å². The Morgan fingerprint density at radius 3 is 2.52 bits per heavy atom. The van der Waals surface area contributed by atoms with Gasteiger partial charge in [0, 0.05) is 17.9 Å². The molecule has 0 aromatic heterocycles. The summed E-state index contributed by atoms with van der Waals surface area (Å²) < 4.78 is 0. The largest absolute Gasteiger partial charge is 0.361 e. The van der Waals surface area contributed by atoms with E-state index < -0.39 is 0 Å². The van der Waals surface area contributed by atoms with E-state index >= 15 is 0 Å². The molecule has 116 valence electrons. The fraction of sp³-hybridized carbons (Fsp3) is 0.467. The molecule has 1 amide bonds. The van der Waals surface area contributed by atoms with Crippen molar-refractivity contribution >= 4 is 35.0 Å². The number of hydrazine groups is 1. The lowest BCUT2D eigenvalue weighted by Crippen LogP contribution is -2.46. The van der Waals surface area contributed by atoms with Gasteiger partial charge in [0.15, 0.2) is 5.11 Å². The average molecular weight is 326 g/mol. The maximum Gasteiger partial charge on any atom is 0.269 e. The third-order valence-electron chi connectivity index (χ3n) is 2.88. The van der Waals surface area contributed by atoms with Crippen LogP contribution in [0.5, 0.6) is 0 Å². The summed E-state index contributed by atoms with van der Waals surface area (Å²) in [5, 5.41) is 3.50. The molecule has 0 aliphatic carbocycles. The summed E-state index contributed by atoms with van der Waals surface area (Å²) in [6, 6.07) is 7.57. The Morgan fingerprint density at radius 1 is 1.19 bits per heavy atom. The molecule has 0 saturated heterocycles. The number of benzene rings is 1. The van der Waals surface area contributed by atoms with E-state index in [9.17, 15) is 4.79 Å². The van der Waals surface area contributed by atoms with Gasteiger partial charge in [0.05, 0.1) is 0 Å². The maximum atomic E-state index is 11.9. The van der Waals surface area contributed by atoms with Crippen LogP contribution < -0.4 is 16.2 Å². The molecule has 1 rings (SSSR count). The monoisotopic (exact) mass is 325 g/mol. The van der Waals surface area contributed by atoms with Crippen molar-refractivity contribution in [2.75, 3.05) is 12.8 Å². The van der Waals surface area contributed by atoms with Gasteiger partial charge in [-0.2, -0.15) is 11.8 Å². The highest BCUT2D eigenvalue weighted by atomic mass is 32.2. The SMILES string of the molecule is CCCCCNC(=S)NNC(=O)c1ccc(CSC)cc1. The first-order valence-corrected chi connectivity index (χ1v) is 8.89. The number of thiocarbonyl (C=S) groups is 1. The summed E-state index contributed by atoms with van der Waals surface area (Å²) in [5.41, 5.74) is 7.13. The topological polar surface area (TPSA) is 53.2 Å². The first-order chi connectivity index (χ1) is 10.2. The summed E-state index contributed by atoms with van der Waals surface area (Å²) in [7, 11) is 0. The third-order valence-corrected chi connectivity index (χ3v) is 3.75. The summed E-state index contributed by atoms with van der Waals surface area (Å²) in [6.07, 6.45) is 5.47. The van der Waals surface area contributed by atoms with E-state index in [0.717, 1.165) is 18.7 Å². The predicted octanol–water partition coefficient (Wildman–Crippen LogP) is 2.85. The Balaban J connectivity index is 2.31. The van der Waals surface area contributed by atoms with Gasteiger partial charge in [-0.1, -0.05) is 31.9 Å². The van der Waals surface area contributed by atoms with Crippen molar-refractivity contribution in [3.8, 4) is 0 Å². The molecular weight excluding hydrogens is 302 g/mol. The molecule has 0 heterocycles. The standard InChI is InChI=1S/C15H23N3OS2/c1-3-4-5-10-16-15(20)18-17-14(19)13-8-6-12(7-9-13)11-21-2/h6-9H,3-5,10-11H2,1-2H3,(H,17,19)(H2,16,18,20). The van der Waals surface area contributed by atoms with Crippen molar-refractivity contribution in [2.24, 2.45) is 0 Å². The fourth-order valence-electron chi connectivity index (χ4n) is 1.73. The van der Waals surface area contributed by atoms with Gasteiger partial charge in [-0.15, -0.1) is 0 Å². The highest BCUT2D eigenvalue weighted by molar-refractivity contribution is 7.97. The van der Waals surface area contributed by atoms with Crippen molar-refractivity contribution in [2.45, 2.75) is 31.9 Å². The van der Waals surface area contributed by atoms with E-state index in [-0.39, 0.29) is 5.91 Å². The van der Waals surface area contributed by atoms with Crippen LogP contribution in [0.1, 0.15) is 42.1 Å². The minimum absolute atomic E-state index is 0.191. The summed E-state index contributed by atoms with van der Waals surface area (Å²) >= 11 is 6.84. The number of hydrogen-bond donors (Lipinski definition) is 3. The molecule has 0 spiro atoms. The van der Waals surface area contributed by atoms with Gasteiger partial charge in [0.1, 0.15) is 0 Å². The lowest BCUT2D eigenvalue weighted by molar-refractivity contribution is 0.0943. The number of unbranched alkanes of at least 4 members (excludes halogenated alkanes) is 2. The van der Waals surface area contributed by atoms with Crippen molar-refractivity contribution in [3.05, 3.63) is 35.4 Å². The second kappa shape index (κ2) is 10.5. The maximum absolute atomic E-state index is 11.9. The number of carbonyl (C=O) groups excluding carboxylic acids is 1. The number of amides is 1. The van der Waals surface area contributed by atoms with E-state index in [1.807, 2.05) is 24.3 Å². The second-order valence-electron chi connectivity index (χ2n) is 4.67. The van der Waals surface area contributed by atoms with Gasteiger partial charge >= 0.3 is 0 Å². The van der Waals surface area contributed by atoms with Crippen LogP contribution >= 0.6 is 24.0 Å². The van der Waals surface area contributed by atoms with Crippen LogP contribution in [0.25, 0.3) is 0 Å². The first-order valence-electron chi connectivity index (χ1n) is 7.09. The fourth-order valence-corrected chi connectivity index (χ4v) is 2.40. The van der Waals surface area contributed by atoms with Crippen LogP contribution in [0.2, 0.25) is 0 Å². The van der Waals surface area contributed by atoms with Crippen molar-refractivity contribution in [3.63, 3.8) is 0 Å². The zero-order chi connectivity index (χ0) is 15.5. The van der Waals surface area contributed by atoms with Gasteiger partial charge in [-0.3, -0.25) is 15.6 Å². The molecule has 0 atom stereocenters. The van der Waals surface area contributed by atoms with E-state index in [1.54, 1.807) is 11.8 Å². The minimum Gasteiger partial charge on any atom is -0.361 e. The molecule has 0 aliphatic rings. The molecule has 0 bridgehead atoms. The Labute approximate surface area is 136 Å². The lowest BCUT2D eigenvalue weighted by atomic mass is 10.1. The van der Waals surface area contributed by atoms with Gasteiger partial charge in [0.2, 0.25) is 0 Å². The highest BCUT2D eigenvalue weighted by Crippen LogP contribution is 2.10. The molecule has 4 nitrogen and oxygen atoms in total. The Bertz CT molecular complexity index is 449. The van der Waals surface area contributed by atoms with Crippen LogP contribution in [-0.2, 0) is 5.75 Å². The number of hydrogen-bond acceptors (Lipinski definition) is 3. The van der Waals surface area contributed by atoms with E-state index in [4.69, 9.17) is 12.2 Å². The van der Waals surface area contributed by atoms with Gasteiger partial charge in [-0.05, 0) is 42.6 Å². The summed E-state index contributed by atoms with van der Waals surface area (Å²) in [6.45, 7) is 2.97. The number of thioether (sulfide) groups is 1. The third kappa shape index (κ3) is 7.34. The normalized spacial score (nSPS) is 10.0. The molecular formula is C15H23N3OS2. The molecule has 0 fully saturated rings. The lowest BCUT2D eigenvalue weighted by Gasteiger charge is -2.11. The minimum atomic E-state index is -0.191. The molecule has 0 saturated carbocycles. The molecule has 3 N–H and O–H groups in total. The smallest absolute Gasteiger partial charge is 0.269 e. The molecule has 0 radical (unpaired) electrons. The second-order valence-corrected chi connectivity index (χ2v) is 5.95. The van der Waals surface area contributed by atoms with Crippen LogP contribution in [0.15, 0.2) is 24.3 Å². The van der Waals surface area contributed by atoms with Crippen LogP contribution in [-0.4, -0.2) is 23.8 Å². The van der Waals surface area contributed by atoms with E-state index in [1.165, 1.54) is 18.4 Å². The van der Waals surface area contributed by atoms with Crippen molar-refractivity contribution in [1.82, 2.24) is 16.2 Å². The van der Waals surface area contributed by atoms with Crippen LogP contribution in [0, 0.1) is 0 Å². The number of rotatable bonds is 7. The zero-order valence-electron chi connectivity index (χ0n) is 12.6. The summed E-state index contributed by atoms with van der Waals surface area (Å²) in [5.74, 6) is 0.759. The quantitative estimate of drug-likeness (QED) is 0.409. The van der Waals surface area contributed by atoms with Gasteiger partial charge < -0.3 is 5.32 Å². The Hall–Kier alpha value is -1.27. The molecule has 0 aliphatic heterocycles. The predicted molar refractivity (Wildman–Crippen MR) is 94.4 cm³/mol.